The van der Waals surface area contributed by atoms with Crippen LogP contribution in [0.5, 0.6) is 5.75 Å². The van der Waals surface area contributed by atoms with E-state index in [-0.39, 0.29) is 10.8 Å². The average molecular weight is 534 g/mol. The van der Waals surface area contributed by atoms with Crippen molar-refractivity contribution in [2.24, 2.45) is 0 Å². The van der Waals surface area contributed by atoms with Crippen molar-refractivity contribution in [1.82, 2.24) is 0 Å². The molecule has 2 aromatic carbocycles. The number of benzene rings is 2. The van der Waals surface area contributed by atoms with Crippen LogP contribution in [0.4, 0.5) is 0 Å². The quantitative estimate of drug-likeness (QED) is 0.264. The molecule has 3 heteroatoms. The molecular formula is C27H35BrOSe. The summed E-state index contributed by atoms with van der Waals surface area (Å²) in [5.41, 5.74) is 5.89. The van der Waals surface area contributed by atoms with Crippen molar-refractivity contribution in [3.63, 3.8) is 0 Å². The number of allylic oxidation sites excluding steroid dienone is 2. The third kappa shape index (κ3) is 5.23. The first kappa shape index (κ1) is 23.6. The molecule has 0 aliphatic heterocycles. The zero-order valence-electron chi connectivity index (χ0n) is 19.3. The van der Waals surface area contributed by atoms with Gasteiger partial charge in [-0.25, -0.2) is 0 Å². The van der Waals surface area contributed by atoms with Gasteiger partial charge < -0.3 is 0 Å². The molecule has 0 aromatic heterocycles. The number of rotatable bonds is 7. The Morgan fingerprint density at radius 2 is 1.77 bits per heavy atom. The van der Waals surface area contributed by atoms with E-state index in [0.29, 0.717) is 21.6 Å². The van der Waals surface area contributed by atoms with Crippen molar-refractivity contribution >= 4 is 35.3 Å². The van der Waals surface area contributed by atoms with E-state index < -0.39 is 0 Å². The van der Waals surface area contributed by atoms with Gasteiger partial charge in [0.15, 0.2) is 0 Å². The summed E-state index contributed by atoms with van der Waals surface area (Å²) in [6.07, 6.45) is 5.82. The molecule has 0 amide bonds. The summed E-state index contributed by atoms with van der Waals surface area (Å²) >= 11 is 4.40. The maximum atomic E-state index is 6.59. The molecule has 0 heterocycles. The molecule has 0 atom stereocenters. The maximum absolute atomic E-state index is 6.59. The van der Waals surface area contributed by atoms with Crippen LogP contribution >= 0.6 is 15.9 Å². The molecule has 0 bridgehead atoms. The first-order chi connectivity index (χ1) is 14.2. The van der Waals surface area contributed by atoms with Crippen LogP contribution in [0, 0.1) is 0 Å². The fraction of sp³-hybridized carbons (Fsp3) is 0.481. The first-order valence-electron chi connectivity index (χ1n) is 10.9. The Balaban J connectivity index is 2.03. The summed E-state index contributed by atoms with van der Waals surface area (Å²) in [4.78, 5) is 0. The van der Waals surface area contributed by atoms with Gasteiger partial charge in [0.2, 0.25) is 0 Å². The number of fused-ring (bicyclic) bond motifs is 1. The standard InChI is InChI=1S/C27H35BrOSe/c1-7-19(2)13-16-30-22-17-21-23(27(5,6)15-14-26(21,3)4)25(24(22)28)29-18-20-11-9-8-10-12-20/h7-12,17H,13-16,18H2,1-6H3. The minimum atomic E-state index is 0.118. The van der Waals surface area contributed by atoms with Crippen molar-refractivity contribution in [3.05, 3.63) is 69.2 Å². The van der Waals surface area contributed by atoms with E-state index in [9.17, 15) is 0 Å². The fourth-order valence-electron chi connectivity index (χ4n) is 4.14. The Hall–Kier alpha value is -1.02. The van der Waals surface area contributed by atoms with Gasteiger partial charge in [-0.05, 0) is 0 Å². The van der Waals surface area contributed by atoms with E-state index in [0.717, 1.165) is 5.75 Å². The number of halogens is 1. The Morgan fingerprint density at radius 3 is 2.43 bits per heavy atom. The van der Waals surface area contributed by atoms with Crippen molar-refractivity contribution in [3.8, 4) is 5.75 Å². The van der Waals surface area contributed by atoms with Gasteiger partial charge in [-0.3, -0.25) is 0 Å². The monoisotopic (exact) mass is 534 g/mol. The van der Waals surface area contributed by atoms with Gasteiger partial charge in [-0.1, -0.05) is 0 Å². The number of ether oxygens (including phenoxy) is 1. The van der Waals surface area contributed by atoms with E-state index in [1.165, 1.54) is 55.8 Å². The molecule has 0 saturated carbocycles. The second-order valence-corrected chi connectivity index (χ2v) is 12.9. The summed E-state index contributed by atoms with van der Waals surface area (Å²) in [6, 6.07) is 13.0. The van der Waals surface area contributed by atoms with Gasteiger partial charge in [-0.2, -0.15) is 0 Å². The molecule has 30 heavy (non-hydrogen) atoms. The number of hydrogen-bond acceptors (Lipinski definition) is 1. The van der Waals surface area contributed by atoms with Gasteiger partial charge in [0.1, 0.15) is 0 Å². The van der Waals surface area contributed by atoms with Crippen molar-refractivity contribution in [2.75, 3.05) is 0 Å². The van der Waals surface area contributed by atoms with Crippen LogP contribution in [-0.4, -0.2) is 15.0 Å². The SMILES string of the molecule is CC=C(C)CC[Se]c1cc2c(c(OCc3ccccc3)c1Br)C(C)(C)CCC2(C)C. The normalized spacial score (nSPS) is 17.5. The van der Waals surface area contributed by atoms with E-state index in [4.69, 9.17) is 4.74 Å². The Morgan fingerprint density at radius 1 is 1.10 bits per heavy atom. The molecule has 3 rings (SSSR count). The van der Waals surface area contributed by atoms with Crippen LogP contribution < -0.4 is 9.20 Å². The molecule has 2 aromatic rings. The summed E-state index contributed by atoms with van der Waals surface area (Å²) in [5, 5.41) is 1.22. The molecule has 162 valence electrons. The van der Waals surface area contributed by atoms with Crippen molar-refractivity contribution < 1.29 is 4.74 Å². The molecule has 1 aliphatic carbocycles. The molecule has 0 saturated heterocycles. The van der Waals surface area contributed by atoms with Crippen molar-refractivity contribution in [1.29, 1.82) is 0 Å². The molecule has 0 N–H and O–H groups in total. The summed E-state index contributed by atoms with van der Waals surface area (Å²) in [5.74, 6) is 1.08. The van der Waals surface area contributed by atoms with E-state index in [1.807, 2.05) is 0 Å². The third-order valence-electron chi connectivity index (χ3n) is 6.44. The summed E-state index contributed by atoms with van der Waals surface area (Å²) < 4.78 is 9.22. The van der Waals surface area contributed by atoms with Crippen LogP contribution in [-0.2, 0) is 17.4 Å². The minimum absolute atomic E-state index is 0.118. The third-order valence-corrected chi connectivity index (χ3v) is 10.0. The average Bonchev–Trinajstić information content (AvgIpc) is 2.72. The molecule has 0 unspecified atom stereocenters. The van der Waals surface area contributed by atoms with E-state index in [2.05, 4.69) is 99.9 Å². The Labute approximate surface area is 198 Å². The second-order valence-electron chi connectivity index (χ2n) is 9.72. The summed E-state index contributed by atoms with van der Waals surface area (Å²) in [7, 11) is 0. The first-order valence-corrected chi connectivity index (χ1v) is 13.8. The van der Waals surface area contributed by atoms with Gasteiger partial charge in [-0.15, -0.1) is 0 Å². The molecule has 0 radical (unpaired) electrons. The van der Waals surface area contributed by atoms with Gasteiger partial charge >= 0.3 is 199 Å². The van der Waals surface area contributed by atoms with Crippen LogP contribution in [0.2, 0.25) is 5.32 Å². The Kier molecular flexibility index (Phi) is 7.59. The second kappa shape index (κ2) is 9.63. The molecule has 1 nitrogen and oxygen atoms in total. The molecule has 0 fully saturated rings. The van der Waals surface area contributed by atoms with E-state index in [1.54, 1.807) is 0 Å². The molecular weight excluding hydrogens is 499 g/mol. The van der Waals surface area contributed by atoms with Gasteiger partial charge in [0.25, 0.3) is 0 Å². The predicted octanol–water partition coefficient (Wildman–Crippen LogP) is 7.48. The van der Waals surface area contributed by atoms with Crippen LogP contribution in [0.1, 0.15) is 77.5 Å². The zero-order chi connectivity index (χ0) is 21.9. The van der Waals surface area contributed by atoms with Gasteiger partial charge in [0, 0.05) is 0 Å². The molecule has 1 aliphatic rings. The summed E-state index contributed by atoms with van der Waals surface area (Å²) in [6.45, 7) is 14.5. The van der Waals surface area contributed by atoms with Crippen molar-refractivity contribution in [2.45, 2.75) is 83.6 Å². The topological polar surface area (TPSA) is 9.23 Å². The van der Waals surface area contributed by atoms with Crippen LogP contribution in [0.3, 0.4) is 0 Å². The predicted molar refractivity (Wildman–Crippen MR) is 134 cm³/mol. The van der Waals surface area contributed by atoms with Crippen LogP contribution in [0.25, 0.3) is 0 Å². The zero-order valence-corrected chi connectivity index (χ0v) is 22.6. The molecule has 0 spiro atoms. The number of hydrogen-bond donors (Lipinski definition) is 0. The fourth-order valence-corrected chi connectivity index (χ4v) is 7.39. The Bertz CT molecular complexity index is 912. The van der Waals surface area contributed by atoms with Crippen LogP contribution in [0.15, 0.2) is 52.5 Å². The van der Waals surface area contributed by atoms with E-state index >= 15 is 0 Å². The van der Waals surface area contributed by atoms with Gasteiger partial charge in [0.05, 0.1) is 0 Å².